The van der Waals surface area contributed by atoms with Gasteiger partial charge >= 0.3 is 6.03 Å². The van der Waals surface area contributed by atoms with E-state index in [-0.39, 0.29) is 36.3 Å². The maximum absolute atomic E-state index is 11.8. The van der Waals surface area contributed by atoms with Crippen molar-refractivity contribution in [1.29, 1.82) is 0 Å². The molecule has 7 nitrogen and oxygen atoms in total. The van der Waals surface area contributed by atoms with Crippen molar-refractivity contribution in [3.05, 3.63) is 0 Å². The first-order valence-corrected chi connectivity index (χ1v) is 10.3. The van der Waals surface area contributed by atoms with Gasteiger partial charge in [-0.2, -0.15) is 11.8 Å². The predicted octanol–water partition coefficient (Wildman–Crippen LogP) is 0.917. The molecule has 0 saturated carbocycles. The van der Waals surface area contributed by atoms with Gasteiger partial charge in [-0.3, -0.25) is 9.59 Å². The van der Waals surface area contributed by atoms with Gasteiger partial charge in [-0.1, -0.05) is 12.8 Å². The van der Waals surface area contributed by atoms with Crippen molar-refractivity contribution in [2.75, 3.05) is 18.8 Å². The van der Waals surface area contributed by atoms with Crippen LogP contribution in [0.3, 0.4) is 0 Å². The van der Waals surface area contributed by atoms with E-state index in [1.807, 2.05) is 11.8 Å². The lowest BCUT2D eigenvalue weighted by Gasteiger charge is -2.16. The number of carbonyl (C=O) groups is 3. The number of Topliss-reactive ketones (excluding diaryl/α,β-unsaturated/α-hetero) is 1. The van der Waals surface area contributed by atoms with Crippen LogP contribution in [-0.2, 0) is 9.59 Å². The van der Waals surface area contributed by atoms with Crippen LogP contribution in [0.15, 0.2) is 0 Å². The third-order valence-corrected chi connectivity index (χ3v) is 6.27. The first-order chi connectivity index (χ1) is 12.1. The third kappa shape index (κ3) is 6.86. The van der Waals surface area contributed by atoms with Crippen LogP contribution in [0.4, 0.5) is 4.79 Å². The number of hydrogen-bond acceptors (Lipinski definition) is 5. The lowest BCUT2D eigenvalue weighted by Crippen LogP contribution is -2.36. The second-order valence-electron chi connectivity index (χ2n) is 6.77. The van der Waals surface area contributed by atoms with Crippen LogP contribution in [0, 0.1) is 0 Å². The number of amides is 3. The third-order valence-electron chi connectivity index (χ3n) is 4.76. The summed E-state index contributed by atoms with van der Waals surface area (Å²) in [4.78, 5) is 34.2. The first kappa shape index (κ1) is 20.0. The SMILES string of the molecule is NCC(=O)CCCCCNC(=O)CCCCC1SC[C@@H]2NC(=O)N[C@H]12. The smallest absolute Gasteiger partial charge is 0.315 e. The summed E-state index contributed by atoms with van der Waals surface area (Å²) in [5, 5.41) is 9.33. The maximum Gasteiger partial charge on any atom is 0.315 e. The minimum Gasteiger partial charge on any atom is -0.356 e. The number of fused-ring (bicyclic) bond motifs is 1. The molecule has 2 heterocycles. The van der Waals surface area contributed by atoms with E-state index in [9.17, 15) is 14.4 Å². The van der Waals surface area contributed by atoms with Crippen LogP contribution in [0.5, 0.6) is 0 Å². The van der Waals surface area contributed by atoms with Crippen molar-refractivity contribution < 1.29 is 14.4 Å². The van der Waals surface area contributed by atoms with Crippen molar-refractivity contribution in [2.24, 2.45) is 5.73 Å². The van der Waals surface area contributed by atoms with E-state index in [1.54, 1.807) is 0 Å². The van der Waals surface area contributed by atoms with Crippen molar-refractivity contribution in [1.82, 2.24) is 16.0 Å². The van der Waals surface area contributed by atoms with Crippen molar-refractivity contribution in [2.45, 2.75) is 68.7 Å². The summed E-state index contributed by atoms with van der Waals surface area (Å²) in [5.74, 6) is 1.18. The van der Waals surface area contributed by atoms with E-state index in [0.29, 0.717) is 24.6 Å². The van der Waals surface area contributed by atoms with Crippen LogP contribution >= 0.6 is 11.8 Å². The molecule has 2 fully saturated rings. The van der Waals surface area contributed by atoms with Crippen LogP contribution < -0.4 is 21.7 Å². The Kier molecular flexibility index (Phi) is 8.54. The number of thioether (sulfide) groups is 1. The van der Waals surface area contributed by atoms with Gasteiger partial charge in [-0.15, -0.1) is 0 Å². The molecule has 2 aliphatic rings. The molecule has 2 aliphatic heterocycles. The summed E-state index contributed by atoms with van der Waals surface area (Å²) in [7, 11) is 0. The summed E-state index contributed by atoms with van der Waals surface area (Å²) >= 11 is 1.91. The quantitative estimate of drug-likeness (QED) is 0.301. The fraction of sp³-hybridized carbons (Fsp3) is 0.824. The lowest BCUT2D eigenvalue weighted by atomic mass is 10.0. The Morgan fingerprint density at radius 1 is 1.12 bits per heavy atom. The molecule has 0 bridgehead atoms. The molecule has 3 amide bonds. The van der Waals surface area contributed by atoms with Crippen molar-refractivity contribution in [3.8, 4) is 0 Å². The normalized spacial score (nSPS) is 24.5. The molecule has 0 aromatic carbocycles. The number of rotatable bonds is 12. The standard InChI is InChI=1S/C17H30N4O3S/c18-10-12(22)6-2-1-5-9-19-15(23)8-4-3-7-14-16-13(11-25-14)20-17(24)21-16/h13-14,16H,1-11,18H2,(H,19,23)(H2,20,21,24)/t13-,14?,16-/m0/s1. The number of nitrogens with two attached hydrogens (primary N) is 1. The fourth-order valence-electron chi connectivity index (χ4n) is 3.32. The van der Waals surface area contributed by atoms with E-state index >= 15 is 0 Å². The highest BCUT2D eigenvalue weighted by Crippen LogP contribution is 2.33. The highest BCUT2D eigenvalue weighted by Gasteiger charge is 2.42. The molecule has 0 spiro atoms. The second kappa shape index (κ2) is 10.7. The Morgan fingerprint density at radius 2 is 1.92 bits per heavy atom. The maximum atomic E-state index is 11.8. The first-order valence-electron chi connectivity index (χ1n) is 9.27. The van der Waals surface area contributed by atoms with E-state index in [2.05, 4.69) is 16.0 Å². The molecular weight excluding hydrogens is 340 g/mol. The largest absolute Gasteiger partial charge is 0.356 e. The van der Waals surface area contributed by atoms with Gasteiger partial charge in [0.25, 0.3) is 0 Å². The summed E-state index contributed by atoms with van der Waals surface area (Å²) in [6, 6.07) is 0.468. The molecule has 0 aliphatic carbocycles. The van der Waals surface area contributed by atoms with Gasteiger partial charge in [-0.25, -0.2) is 4.79 Å². The number of urea groups is 1. The van der Waals surface area contributed by atoms with Gasteiger partial charge in [-0.05, 0) is 25.7 Å². The number of carbonyl (C=O) groups excluding carboxylic acids is 3. The summed E-state index contributed by atoms with van der Waals surface area (Å²) in [5.41, 5.74) is 5.25. The summed E-state index contributed by atoms with van der Waals surface area (Å²) in [6.45, 7) is 0.802. The van der Waals surface area contributed by atoms with E-state index in [0.717, 1.165) is 44.3 Å². The van der Waals surface area contributed by atoms with Crippen LogP contribution in [-0.4, -0.2) is 53.9 Å². The van der Waals surface area contributed by atoms with Gasteiger partial charge in [0.2, 0.25) is 5.91 Å². The van der Waals surface area contributed by atoms with Gasteiger partial charge in [0, 0.05) is 30.4 Å². The molecule has 1 unspecified atom stereocenters. The number of nitrogens with one attached hydrogen (secondary N) is 3. The molecule has 2 rings (SSSR count). The van der Waals surface area contributed by atoms with Crippen LogP contribution in [0.25, 0.3) is 0 Å². The molecule has 2 saturated heterocycles. The van der Waals surface area contributed by atoms with Crippen molar-refractivity contribution >= 4 is 29.5 Å². The second-order valence-corrected chi connectivity index (χ2v) is 8.04. The van der Waals surface area contributed by atoms with Crippen LogP contribution in [0.2, 0.25) is 0 Å². The molecule has 142 valence electrons. The number of ketones is 1. The molecule has 8 heteroatoms. The van der Waals surface area contributed by atoms with E-state index < -0.39 is 0 Å². The van der Waals surface area contributed by atoms with Gasteiger partial charge in [0.05, 0.1) is 18.6 Å². The minimum atomic E-state index is -0.0490. The molecule has 5 N–H and O–H groups in total. The average Bonchev–Trinajstić information content (AvgIpc) is 3.14. The Bertz CT molecular complexity index is 475. The zero-order chi connectivity index (χ0) is 18.1. The van der Waals surface area contributed by atoms with E-state index in [1.165, 1.54) is 0 Å². The molecule has 0 aromatic heterocycles. The van der Waals surface area contributed by atoms with E-state index in [4.69, 9.17) is 5.73 Å². The molecule has 0 aromatic rings. The van der Waals surface area contributed by atoms with Crippen molar-refractivity contribution in [3.63, 3.8) is 0 Å². The molecule has 3 atom stereocenters. The fourth-order valence-corrected chi connectivity index (χ4v) is 4.86. The zero-order valence-electron chi connectivity index (χ0n) is 14.7. The Hall–Kier alpha value is -1.28. The molecular formula is C17H30N4O3S. The monoisotopic (exact) mass is 370 g/mol. The molecule has 25 heavy (non-hydrogen) atoms. The minimum absolute atomic E-state index is 0.0490. The lowest BCUT2D eigenvalue weighted by molar-refractivity contribution is -0.121. The van der Waals surface area contributed by atoms with Crippen LogP contribution in [0.1, 0.15) is 51.4 Å². The number of unbranched alkanes of at least 4 members (excludes halogenated alkanes) is 3. The highest BCUT2D eigenvalue weighted by atomic mass is 32.2. The van der Waals surface area contributed by atoms with Gasteiger partial charge in [0.15, 0.2) is 0 Å². The summed E-state index contributed by atoms with van der Waals surface area (Å²) in [6.07, 6.45) is 6.71. The summed E-state index contributed by atoms with van der Waals surface area (Å²) < 4.78 is 0. The zero-order valence-corrected chi connectivity index (χ0v) is 15.5. The number of hydrogen-bond donors (Lipinski definition) is 4. The topological polar surface area (TPSA) is 113 Å². The molecule has 0 radical (unpaired) electrons. The Labute approximate surface area is 153 Å². The predicted molar refractivity (Wildman–Crippen MR) is 99.5 cm³/mol. The van der Waals surface area contributed by atoms with Gasteiger partial charge < -0.3 is 21.7 Å². The Balaban J connectivity index is 1.44. The Morgan fingerprint density at radius 3 is 2.72 bits per heavy atom. The average molecular weight is 371 g/mol. The highest BCUT2D eigenvalue weighted by molar-refractivity contribution is 8.00. The van der Waals surface area contributed by atoms with Gasteiger partial charge in [0.1, 0.15) is 5.78 Å².